The number of benzene rings is 6. The Balaban J connectivity index is 0.847. The van der Waals surface area contributed by atoms with Crippen molar-refractivity contribution < 1.29 is 28.2 Å². The topological polar surface area (TPSA) is 77.1 Å². The molecular weight excluding hydrogens is 771 g/mol. The maximum absolute atomic E-state index is 14.8. The van der Waals surface area contributed by atoms with E-state index in [1.807, 2.05) is 122 Å². The van der Waals surface area contributed by atoms with E-state index >= 15 is 0 Å². The van der Waals surface area contributed by atoms with E-state index < -0.39 is 5.82 Å². The van der Waals surface area contributed by atoms with E-state index in [2.05, 4.69) is 21.2 Å². The Morgan fingerprint density at radius 2 is 1.30 bits per heavy atom. The smallest absolute Gasteiger partial charge is 0.255 e. The molecule has 0 saturated carbocycles. The first-order valence-corrected chi connectivity index (χ1v) is 19.4. The van der Waals surface area contributed by atoms with Gasteiger partial charge in [0.05, 0.1) is 0 Å². The average molecular weight is 814 g/mol. The molecule has 1 aliphatic rings. The second-order valence-corrected chi connectivity index (χ2v) is 15.0. The number of halogens is 2. The molecule has 0 aliphatic carbocycles. The van der Waals surface area contributed by atoms with Crippen LogP contribution in [0.2, 0.25) is 0 Å². The number of aryl methyl sites for hydroxylation is 2. The fourth-order valence-electron chi connectivity index (χ4n) is 6.59. The number of piperidine rings is 1. The van der Waals surface area contributed by atoms with Crippen LogP contribution >= 0.6 is 15.9 Å². The van der Waals surface area contributed by atoms with Gasteiger partial charge in [-0.3, -0.25) is 9.59 Å². The van der Waals surface area contributed by atoms with Crippen LogP contribution in [-0.4, -0.2) is 35.9 Å². The van der Waals surface area contributed by atoms with Crippen LogP contribution in [0.3, 0.4) is 0 Å². The normalized spacial score (nSPS) is 12.9. The molecule has 0 unspecified atom stereocenters. The molecule has 56 heavy (non-hydrogen) atoms. The van der Waals surface area contributed by atoms with Gasteiger partial charge in [0.25, 0.3) is 11.8 Å². The van der Waals surface area contributed by atoms with Crippen molar-refractivity contribution in [1.29, 1.82) is 0 Å². The van der Waals surface area contributed by atoms with Crippen molar-refractivity contribution >= 4 is 33.4 Å². The van der Waals surface area contributed by atoms with E-state index in [-0.39, 0.29) is 30.3 Å². The summed E-state index contributed by atoms with van der Waals surface area (Å²) in [6.07, 6.45) is 1.65. The molecule has 0 spiro atoms. The Labute approximate surface area is 335 Å². The molecule has 0 radical (unpaired) electrons. The number of rotatable bonds is 12. The molecule has 2 amide bonds. The summed E-state index contributed by atoms with van der Waals surface area (Å²) >= 11 is 3.47. The minimum absolute atomic E-state index is 0.0693. The lowest BCUT2D eigenvalue weighted by Gasteiger charge is -2.32. The number of amides is 2. The van der Waals surface area contributed by atoms with E-state index in [0.717, 1.165) is 67.8 Å². The maximum Gasteiger partial charge on any atom is 0.255 e. The van der Waals surface area contributed by atoms with Crippen LogP contribution in [-0.2, 0) is 13.2 Å². The molecular formula is C47H42BrFN2O5. The second-order valence-electron chi connectivity index (χ2n) is 14.0. The highest BCUT2D eigenvalue weighted by Crippen LogP contribution is 2.27. The van der Waals surface area contributed by atoms with Crippen molar-refractivity contribution in [3.8, 4) is 28.4 Å². The van der Waals surface area contributed by atoms with Gasteiger partial charge in [-0.25, -0.2) is 4.39 Å². The molecule has 1 aliphatic heterocycles. The van der Waals surface area contributed by atoms with Gasteiger partial charge in [-0.15, -0.1) is 0 Å². The largest absolute Gasteiger partial charge is 0.490 e. The highest BCUT2D eigenvalue weighted by Gasteiger charge is 2.25. The number of nitrogens with zero attached hydrogens (tertiary/aromatic N) is 1. The van der Waals surface area contributed by atoms with Crippen LogP contribution in [0.25, 0.3) is 11.1 Å². The summed E-state index contributed by atoms with van der Waals surface area (Å²) in [7, 11) is 0. The third-order valence-corrected chi connectivity index (χ3v) is 10.1. The Morgan fingerprint density at radius 1 is 0.679 bits per heavy atom. The van der Waals surface area contributed by atoms with Crippen LogP contribution in [0.15, 0.2) is 138 Å². The molecule has 0 bridgehead atoms. The zero-order valence-electron chi connectivity index (χ0n) is 31.3. The highest BCUT2D eigenvalue weighted by molar-refractivity contribution is 9.10. The molecule has 6 aromatic carbocycles. The van der Waals surface area contributed by atoms with Crippen molar-refractivity contribution in [2.24, 2.45) is 0 Å². The van der Waals surface area contributed by atoms with Gasteiger partial charge < -0.3 is 24.4 Å². The summed E-state index contributed by atoms with van der Waals surface area (Å²) in [4.78, 5) is 27.7. The predicted molar refractivity (Wildman–Crippen MR) is 221 cm³/mol. The first kappa shape index (κ1) is 38.3. The number of anilines is 1. The SMILES string of the molecule is Cc1ccc(C(=O)N2CCC(Oc3ccc(COc4ccc(-c5ccc(C(=O)Nc6ccc(OCc7cc(C)cc(Br)c7)c(F)c6)cc5)cc4)cc3)CC2)cc1. The number of carbonyl (C=O) groups is 2. The van der Waals surface area contributed by atoms with Crippen molar-refractivity contribution in [2.75, 3.05) is 18.4 Å². The van der Waals surface area contributed by atoms with Crippen LogP contribution in [0.5, 0.6) is 17.2 Å². The van der Waals surface area contributed by atoms with Gasteiger partial charge in [0.15, 0.2) is 11.6 Å². The van der Waals surface area contributed by atoms with Crippen molar-refractivity contribution in [3.05, 3.63) is 177 Å². The third-order valence-electron chi connectivity index (χ3n) is 9.68. The number of nitrogens with one attached hydrogen (secondary N) is 1. The lowest BCUT2D eigenvalue weighted by molar-refractivity contribution is 0.0595. The first-order valence-electron chi connectivity index (χ1n) is 18.6. The van der Waals surface area contributed by atoms with Crippen molar-refractivity contribution in [1.82, 2.24) is 4.90 Å². The summed E-state index contributed by atoms with van der Waals surface area (Å²) in [6.45, 7) is 5.99. The van der Waals surface area contributed by atoms with Crippen molar-refractivity contribution in [2.45, 2.75) is 46.0 Å². The van der Waals surface area contributed by atoms with Gasteiger partial charge >= 0.3 is 0 Å². The summed E-state index contributed by atoms with van der Waals surface area (Å²) < 4.78 is 33.7. The van der Waals surface area contributed by atoms with Crippen LogP contribution in [0.4, 0.5) is 10.1 Å². The Bertz CT molecular complexity index is 2270. The molecule has 0 atom stereocenters. The highest BCUT2D eigenvalue weighted by atomic mass is 79.9. The second kappa shape index (κ2) is 17.7. The summed E-state index contributed by atoms with van der Waals surface area (Å²) in [5.41, 5.74) is 7.60. The molecule has 7 nitrogen and oxygen atoms in total. The minimum Gasteiger partial charge on any atom is -0.490 e. The van der Waals surface area contributed by atoms with Gasteiger partial charge in [-0.1, -0.05) is 76.1 Å². The number of likely N-dealkylation sites (tertiary alicyclic amines) is 1. The third kappa shape index (κ3) is 10.0. The van der Waals surface area contributed by atoms with Gasteiger partial charge in [0.1, 0.15) is 30.8 Å². The van der Waals surface area contributed by atoms with E-state index in [9.17, 15) is 14.0 Å². The quantitative estimate of drug-likeness (QED) is 0.133. The first-order chi connectivity index (χ1) is 27.1. The molecule has 0 aromatic heterocycles. The van der Waals surface area contributed by atoms with E-state index in [1.54, 1.807) is 18.2 Å². The lowest BCUT2D eigenvalue weighted by Crippen LogP contribution is -2.41. The van der Waals surface area contributed by atoms with Crippen molar-refractivity contribution in [3.63, 3.8) is 0 Å². The Hall–Kier alpha value is -5.93. The summed E-state index contributed by atoms with van der Waals surface area (Å²) in [5.74, 6) is 0.834. The predicted octanol–water partition coefficient (Wildman–Crippen LogP) is 11.0. The summed E-state index contributed by atoms with van der Waals surface area (Å²) in [5, 5.41) is 2.77. The van der Waals surface area contributed by atoms with Crippen LogP contribution < -0.4 is 19.5 Å². The Kier molecular flexibility index (Phi) is 12.1. The van der Waals surface area contributed by atoms with Gasteiger partial charge in [0, 0.05) is 53.3 Å². The zero-order chi connectivity index (χ0) is 39.0. The molecule has 6 aromatic rings. The molecule has 1 saturated heterocycles. The van der Waals surface area contributed by atoms with Crippen LogP contribution in [0.1, 0.15) is 55.8 Å². The zero-order valence-corrected chi connectivity index (χ0v) is 32.9. The average Bonchev–Trinajstić information content (AvgIpc) is 3.20. The molecule has 1 fully saturated rings. The van der Waals surface area contributed by atoms with E-state index in [0.29, 0.717) is 30.9 Å². The Morgan fingerprint density at radius 3 is 1.96 bits per heavy atom. The number of ether oxygens (including phenoxy) is 3. The molecule has 1 N–H and O–H groups in total. The lowest BCUT2D eigenvalue weighted by atomic mass is 10.0. The fraction of sp³-hybridized carbons (Fsp3) is 0.191. The minimum atomic E-state index is -0.558. The number of hydrogen-bond acceptors (Lipinski definition) is 5. The molecule has 1 heterocycles. The fourth-order valence-corrected chi connectivity index (χ4v) is 7.25. The number of carbonyl (C=O) groups excluding carboxylic acids is 2. The molecule has 9 heteroatoms. The van der Waals surface area contributed by atoms with Crippen LogP contribution in [0, 0.1) is 19.7 Å². The van der Waals surface area contributed by atoms with Gasteiger partial charge in [-0.05, 0) is 114 Å². The van der Waals surface area contributed by atoms with E-state index in [4.69, 9.17) is 14.2 Å². The molecule has 284 valence electrons. The number of hydrogen-bond donors (Lipinski definition) is 1. The van der Waals surface area contributed by atoms with E-state index in [1.165, 1.54) is 12.1 Å². The van der Waals surface area contributed by atoms with Gasteiger partial charge in [-0.2, -0.15) is 0 Å². The monoisotopic (exact) mass is 812 g/mol. The van der Waals surface area contributed by atoms with Gasteiger partial charge in [0.2, 0.25) is 0 Å². The maximum atomic E-state index is 14.8. The summed E-state index contributed by atoms with van der Waals surface area (Å²) in [6, 6.07) is 41.0. The standard InChI is InChI=1S/C47H42BrFN2O5/c1-31-3-7-38(8-4-31)47(53)51-23-21-43(22-24-51)56-42-16-5-33(6-17-42)29-54-41-18-13-36(14-19-41)35-9-11-37(12-10-35)46(52)50-40-15-20-45(44(49)28-40)55-30-34-25-32(2)26-39(48)27-34/h3-20,25-28,43H,21-24,29-30H2,1-2H3,(H,50,52). The molecule has 7 rings (SSSR count).